The summed E-state index contributed by atoms with van der Waals surface area (Å²) in [4.78, 5) is 33.4. The van der Waals surface area contributed by atoms with Gasteiger partial charge in [-0.3, -0.25) is 19.7 Å². The number of aliphatic carboxylic acids is 1. The monoisotopic (exact) mass is 375 g/mol. The molecular formula is C18H14FNO5S. The molecule has 134 valence electrons. The molecule has 0 radical (unpaired) electrons. The first-order valence-corrected chi connectivity index (χ1v) is 8.57. The van der Waals surface area contributed by atoms with E-state index in [9.17, 15) is 18.8 Å². The number of hydrogen-bond donors (Lipinski definition) is 2. The Morgan fingerprint density at radius 3 is 2.42 bits per heavy atom. The fourth-order valence-electron chi connectivity index (χ4n) is 2.47. The number of carbonyl (C=O) groups excluding carboxylic acids is 2. The lowest BCUT2D eigenvalue weighted by atomic mass is 10.1. The molecule has 1 saturated heterocycles. The summed E-state index contributed by atoms with van der Waals surface area (Å²) in [6.45, 7) is 0. The number of hydrogen-bond acceptors (Lipinski definition) is 5. The lowest BCUT2D eigenvalue weighted by molar-refractivity contribution is -0.136. The maximum atomic E-state index is 14.3. The average Bonchev–Trinajstić information content (AvgIpc) is 2.89. The molecule has 0 bridgehead atoms. The second-order valence-electron chi connectivity index (χ2n) is 5.66. The van der Waals surface area contributed by atoms with Gasteiger partial charge in [0.2, 0.25) is 5.91 Å². The van der Waals surface area contributed by atoms with Crippen LogP contribution >= 0.6 is 11.8 Å². The summed E-state index contributed by atoms with van der Waals surface area (Å²) < 4.78 is 19.8. The minimum absolute atomic E-state index is 0.0845. The maximum absolute atomic E-state index is 14.3. The third-order valence-electron chi connectivity index (χ3n) is 3.71. The molecular weight excluding hydrogens is 361 g/mol. The minimum atomic E-state index is -0.924. The number of carbonyl (C=O) groups is 3. The van der Waals surface area contributed by atoms with Crippen LogP contribution in [0.15, 0.2) is 42.5 Å². The second kappa shape index (κ2) is 7.57. The number of nitrogens with one attached hydrogen (secondary N) is 1. The van der Waals surface area contributed by atoms with Crippen LogP contribution in [0.3, 0.4) is 0 Å². The number of halogens is 1. The average molecular weight is 375 g/mol. The first-order valence-electron chi connectivity index (χ1n) is 7.69. The number of rotatable bonds is 6. The van der Waals surface area contributed by atoms with Gasteiger partial charge in [0.05, 0.1) is 11.7 Å². The normalized spacial score (nSPS) is 16.4. The van der Waals surface area contributed by atoms with Crippen LogP contribution in [-0.2, 0) is 22.4 Å². The Bertz CT molecular complexity index is 868. The van der Waals surface area contributed by atoms with Gasteiger partial charge in [0, 0.05) is 6.07 Å². The molecule has 1 atom stereocenters. The Morgan fingerprint density at radius 2 is 1.85 bits per heavy atom. The fraction of sp³-hybridized carbons (Fsp3) is 0.167. The molecule has 2 amide bonds. The quantitative estimate of drug-likeness (QED) is 0.806. The molecule has 3 rings (SSSR count). The second-order valence-corrected chi connectivity index (χ2v) is 6.83. The highest BCUT2D eigenvalue weighted by Gasteiger charge is 2.32. The Labute approximate surface area is 152 Å². The van der Waals surface area contributed by atoms with Crippen molar-refractivity contribution in [3.05, 3.63) is 59.4 Å². The van der Waals surface area contributed by atoms with Crippen molar-refractivity contribution < 1.29 is 28.6 Å². The van der Waals surface area contributed by atoms with Crippen molar-refractivity contribution >= 4 is 28.9 Å². The maximum Gasteiger partial charge on any atom is 0.307 e. The molecule has 1 heterocycles. The summed E-state index contributed by atoms with van der Waals surface area (Å²) in [5.41, 5.74) is 0.949. The van der Waals surface area contributed by atoms with E-state index in [0.29, 0.717) is 16.9 Å². The van der Waals surface area contributed by atoms with Gasteiger partial charge in [-0.1, -0.05) is 30.0 Å². The van der Waals surface area contributed by atoms with Gasteiger partial charge in [-0.2, -0.15) is 0 Å². The van der Waals surface area contributed by atoms with E-state index < -0.39 is 28.2 Å². The molecule has 0 saturated carbocycles. The van der Waals surface area contributed by atoms with E-state index in [-0.39, 0.29) is 18.6 Å². The van der Waals surface area contributed by atoms with Gasteiger partial charge < -0.3 is 9.84 Å². The van der Waals surface area contributed by atoms with Gasteiger partial charge in [-0.25, -0.2) is 4.39 Å². The highest BCUT2D eigenvalue weighted by molar-refractivity contribution is 8.15. The van der Waals surface area contributed by atoms with Gasteiger partial charge in [0.15, 0.2) is 0 Å². The molecule has 26 heavy (non-hydrogen) atoms. The van der Waals surface area contributed by atoms with Gasteiger partial charge in [0.1, 0.15) is 17.3 Å². The predicted molar refractivity (Wildman–Crippen MR) is 92.9 cm³/mol. The summed E-state index contributed by atoms with van der Waals surface area (Å²) in [6, 6.07) is 10.8. The number of ether oxygens (including phenoxy) is 1. The van der Waals surface area contributed by atoms with Crippen LogP contribution in [0.2, 0.25) is 0 Å². The molecule has 8 heteroatoms. The fourth-order valence-corrected chi connectivity index (χ4v) is 3.32. The first kappa shape index (κ1) is 17.9. The van der Waals surface area contributed by atoms with Crippen LogP contribution < -0.4 is 10.1 Å². The zero-order valence-corrected chi connectivity index (χ0v) is 14.2. The van der Waals surface area contributed by atoms with Crippen molar-refractivity contribution in [3.63, 3.8) is 0 Å². The van der Waals surface area contributed by atoms with Crippen LogP contribution in [0.1, 0.15) is 11.1 Å². The lowest BCUT2D eigenvalue weighted by Crippen LogP contribution is -2.25. The Morgan fingerprint density at radius 1 is 1.15 bits per heavy atom. The smallest absolute Gasteiger partial charge is 0.307 e. The predicted octanol–water partition coefficient (Wildman–Crippen LogP) is 3.14. The van der Waals surface area contributed by atoms with Crippen molar-refractivity contribution in [2.75, 3.05) is 0 Å². The zero-order chi connectivity index (χ0) is 18.7. The molecule has 1 fully saturated rings. The summed E-state index contributed by atoms with van der Waals surface area (Å²) in [5.74, 6) is -1.15. The standard InChI is InChI=1S/C18H14FNO5S/c19-14-9-13(25-12-4-1-10(2-5-12)7-16(21)22)6-3-11(14)8-15-17(23)20-18(24)26-15/h1-6,9,15H,7-8H2,(H,21,22)(H,20,23,24). The number of thioether (sulfide) groups is 1. The van der Waals surface area contributed by atoms with Crippen LogP contribution in [0, 0.1) is 5.82 Å². The molecule has 1 aliphatic heterocycles. The van der Waals surface area contributed by atoms with Crippen LogP contribution in [-0.4, -0.2) is 27.5 Å². The largest absolute Gasteiger partial charge is 0.481 e. The molecule has 2 aromatic carbocycles. The van der Waals surface area contributed by atoms with Gasteiger partial charge >= 0.3 is 5.97 Å². The van der Waals surface area contributed by atoms with Gasteiger partial charge in [-0.05, 0) is 35.7 Å². The highest BCUT2D eigenvalue weighted by atomic mass is 32.2. The van der Waals surface area contributed by atoms with Crippen molar-refractivity contribution in [1.29, 1.82) is 0 Å². The molecule has 6 nitrogen and oxygen atoms in total. The van der Waals surface area contributed by atoms with Crippen molar-refractivity contribution in [2.45, 2.75) is 18.1 Å². The molecule has 1 unspecified atom stereocenters. The third kappa shape index (κ3) is 4.40. The van der Waals surface area contributed by atoms with Crippen LogP contribution in [0.4, 0.5) is 9.18 Å². The van der Waals surface area contributed by atoms with E-state index in [2.05, 4.69) is 5.32 Å². The summed E-state index contributed by atoms with van der Waals surface area (Å²) in [7, 11) is 0. The van der Waals surface area contributed by atoms with Crippen LogP contribution in [0.25, 0.3) is 0 Å². The summed E-state index contributed by atoms with van der Waals surface area (Å²) >= 11 is 0.850. The Hall–Kier alpha value is -2.87. The molecule has 2 aromatic rings. The van der Waals surface area contributed by atoms with Gasteiger partial charge in [-0.15, -0.1) is 0 Å². The number of imide groups is 1. The van der Waals surface area contributed by atoms with E-state index in [1.807, 2.05) is 0 Å². The van der Waals surface area contributed by atoms with E-state index in [0.717, 1.165) is 11.8 Å². The SMILES string of the molecule is O=C(O)Cc1ccc(Oc2ccc(CC3SC(=O)NC3=O)c(F)c2)cc1. The first-order chi connectivity index (χ1) is 12.4. The van der Waals surface area contributed by atoms with Crippen molar-refractivity contribution in [3.8, 4) is 11.5 Å². The minimum Gasteiger partial charge on any atom is -0.481 e. The van der Waals surface area contributed by atoms with Crippen molar-refractivity contribution in [2.24, 2.45) is 0 Å². The van der Waals surface area contributed by atoms with E-state index >= 15 is 0 Å². The summed E-state index contributed by atoms with van der Waals surface area (Å²) in [6.07, 6.45) is 0.0249. The summed E-state index contributed by atoms with van der Waals surface area (Å²) in [5, 5.41) is 9.85. The topological polar surface area (TPSA) is 92.7 Å². The molecule has 0 spiro atoms. The lowest BCUT2D eigenvalue weighted by Gasteiger charge is -2.10. The number of carboxylic acid groups (broad SMARTS) is 1. The highest BCUT2D eigenvalue weighted by Crippen LogP contribution is 2.27. The molecule has 0 aromatic heterocycles. The van der Waals surface area contributed by atoms with E-state index in [1.165, 1.54) is 12.1 Å². The zero-order valence-electron chi connectivity index (χ0n) is 13.4. The van der Waals surface area contributed by atoms with Crippen LogP contribution in [0.5, 0.6) is 11.5 Å². The van der Waals surface area contributed by atoms with E-state index in [1.54, 1.807) is 30.3 Å². The molecule has 2 N–H and O–H groups in total. The number of amides is 2. The Kier molecular flexibility index (Phi) is 5.22. The number of carboxylic acids is 1. The van der Waals surface area contributed by atoms with E-state index in [4.69, 9.17) is 9.84 Å². The number of benzene rings is 2. The molecule has 0 aliphatic carbocycles. The Balaban J connectivity index is 1.66. The van der Waals surface area contributed by atoms with Gasteiger partial charge in [0.25, 0.3) is 5.24 Å². The molecule has 1 aliphatic rings. The third-order valence-corrected chi connectivity index (χ3v) is 4.69. The van der Waals surface area contributed by atoms with Crippen molar-refractivity contribution in [1.82, 2.24) is 5.32 Å².